The molecule has 41 heavy (non-hydrogen) atoms. The lowest BCUT2D eigenvalue weighted by Gasteiger charge is -2.15. The molecule has 0 saturated carbocycles. The van der Waals surface area contributed by atoms with E-state index in [0.717, 1.165) is 17.5 Å². The first kappa shape index (κ1) is 29.9. The molecular weight excluding hydrogens is 562 g/mol. The molecule has 4 aromatic rings. The molecule has 1 aromatic heterocycles. The maximum atomic E-state index is 13.1. The maximum Gasteiger partial charge on any atom is 0.421 e. The summed E-state index contributed by atoms with van der Waals surface area (Å²) >= 11 is 1.30. The van der Waals surface area contributed by atoms with Crippen LogP contribution in [0.15, 0.2) is 88.8 Å². The van der Waals surface area contributed by atoms with Gasteiger partial charge in [-0.1, -0.05) is 86.6 Å². The van der Waals surface area contributed by atoms with Crippen molar-refractivity contribution in [3.05, 3.63) is 102 Å². The topological polar surface area (TPSA) is 128 Å². The van der Waals surface area contributed by atoms with E-state index in [2.05, 4.69) is 4.98 Å². The van der Waals surface area contributed by atoms with Gasteiger partial charge in [0.1, 0.15) is 17.5 Å². The van der Waals surface area contributed by atoms with Crippen LogP contribution in [0.3, 0.4) is 0 Å². The Kier molecular flexibility index (Phi) is 9.51. The molecule has 214 valence electrons. The number of thioether (sulfide) groups is 1. The summed E-state index contributed by atoms with van der Waals surface area (Å²) in [5, 5.41) is 10.4. The number of hydrogen-bond donors (Lipinski definition) is 2. The Morgan fingerprint density at radius 3 is 2.29 bits per heavy atom. The molecule has 11 heteroatoms. The largest absolute Gasteiger partial charge is 0.476 e. The third-order valence-corrected chi connectivity index (χ3v) is 8.67. The average Bonchev–Trinajstić information content (AvgIpc) is 3.35. The minimum Gasteiger partial charge on any atom is -0.476 e. The number of benzene rings is 3. The summed E-state index contributed by atoms with van der Waals surface area (Å²) in [5.41, 5.74) is 2.73. The Hall–Kier alpha value is -4.09. The van der Waals surface area contributed by atoms with E-state index < -0.39 is 22.1 Å². The van der Waals surface area contributed by atoms with Gasteiger partial charge in [-0.15, -0.1) is 11.8 Å². The molecule has 0 fully saturated rings. The van der Waals surface area contributed by atoms with Crippen LogP contribution in [0.5, 0.6) is 0 Å². The van der Waals surface area contributed by atoms with Gasteiger partial charge in [-0.2, -0.15) is 0 Å². The molecule has 0 aliphatic rings. The fourth-order valence-corrected chi connectivity index (χ4v) is 6.04. The van der Waals surface area contributed by atoms with E-state index in [-0.39, 0.29) is 23.1 Å². The summed E-state index contributed by atoms with van der Waals surface area (Å²) in [6.45, 7) is 4.27. The van der Waals surface area contributed by atoms with E-state index in [9.17, 15) is 23.1 Å². The van der Waals surface area contributed by atoms with E-state index in [1.165, 1.54) is 17.8 Å². The summed E-state index contributed by atoms with van der Waals surface area (Å²) in [4.78, 5) is 28.9. The van der Waals surface area contributed by atoms with Crippen LogP contribution in [0, 0.1) is 0 Å². The normalized spacial score (nSPS) is 12.1. The van der Waals surface area contributed by atoms with Gasteiger partial charge in [0.05, 0.1) is 4.90 Å². The number of carbonyl (C=O) groups excluding carboxylic acids is 1. The Labute approximate surface area is 243 Å². The number of carboxylic acid groups (broad SMARTS) is 1. The van der Waals surface area contributed by atoms with Crippen molar-refractivity contribution in [2.45, 2.75) is 49.3 Å². The Bertz CT molecular complexity index is 1630. The number of sulfonamides is 1. The highest BCUT2D eigenvalue weighted by Gasteiger charge is 2.25. The van der Waals surface area contributed by atoms with Crippen molar-refractivity contribution < 1.29 is 27.9 Å². The van der Waals surface area contributed by atoms with Gasteiger partial charge in [0.25, 0.3) is 10.0 Å². The van der Waals surface area contributed by atoms with Gasteiger partial charge in [0.2, 0.25) is 0 Å². The lowest BCUT2D eigenvalue weighted by Crippen LogP contribution is -2.31. The summed E-state index contributed by atoms with van der Waals surface area (Å²) in [7, 11) is -4.24. The third kappa shape index (κ3) is 6.98. The molecule has 1 amide bonds. The van der Waals surface area contributed by atoms with Crippen LogP contribution in [-0.2, 0) is 27.9 Å². The molecule has 0 spiro atoms. The van der Waals surface area contributed by atoms with Gasteiger partial charge >= 0.3 is 12.1 Å². The quantitative estimate of drug-likeness (QED) is 0.198. The van der Waals surface area contributed by atoms with Gasteiger partial charge in [-0.25, -0.2) is 27.7 Å². The summed E-state index contributed by atoms with van der Waals surface area (Å²) < 4.78 is 35.1. The van der Waals surface area contributed by atoms with Crippen molar-refractivity contribution in [3.8, 4) is 11.1 Å². The van der Waals surface area contributed by atoms with Crippen molar-refractivity contribution in [3.63, 3.8) is 0 Å². The van der Waals surface area contributed by atoms with E-state index in [0.29, 0.717) is 28.5 Å². The van der Waals surface area contributed by atoms with Crippen molar-refractivity contribution in [2.24, 2.45) is 0 Å². The van der Waals surface area contributed by atoms with Crippen LogP contribution in [0.2, 0.25) is 0 Å². The van der Waals surface area contributed by atoms with E-state index in [1.807, 2.05) is 36.8 Å². The van der Waals surface area contributed by atoms with E-state index in [1.54, 1.807) is 65.4 Å². The maximum absolute atomic E-state index is 13.1. The van der Waals surface area contributed by atoms with Crippen LogP contribution in [0.1, 0.15) is 53.6 Å². The Balaban J connectivity index is 1.57. The highest BCUT2D eigenvalue weighted by atomic mass is 32.2. The number of ether oxygens (including phenoxy) is 1. The van der Waals surface area contributed by atoms with Crippen LogP contribution in [0.25, 0.3) is 11.1 Å². The van der Waals surface area contributed by atoms with Crippen molar-refractivity contribution in [2.75, 3.05) is 6.26 Å². The second-order valence-electron chi connectivity index (χ2n) is 9.39. The van der Waals surface area contributed by atoms with Crippen molar-refractivity contribution in [1.82, 2.24) is 14.3 Å². The second-order valence-corrected chi connectivity index (χ2v) is 11.8. The highest BCUT2D eigenvalue weighted by Crippen LogP contribution is 2.30. The fraction of sp³-hybridized carbons (Fsp3) is 0.233. The number of amides is 1. The molecule has 0 saturated heterocycles. The standard InChI is InChI=1S/C30H31N3O6S2/c1-4-20(2)27-31-28(40-3)26(29(34)35)33(27)18-21-14-16-23(17-15-21)24-12-8-9-13-25(24)41(37,38)32-30(36)39-19-22-10-6-5-7-11-22/h5-17,20H,4,18-19H2,1-3H3,(H,32,36)(H,34,35). The number of aromatic carboxylic acids is 1. The molecule has 1 heterocycles. The lowest BCUT2D eigenvalue weighted by molar-refractivity contribution is 0.0680. The number of hydrogen-bond acceptors (Lipinski definition) is 7. The van der Waals surface area contributed by atoms with E-state index in [4.69, 9.17) is 4.74 Å². The Morgan fingerprint density at radius 1 is 1.00 bits per heavy atom. The van der Waals surface area contributed by atoms with Gasteiger partial charge in [-0.05, 0) is 35.4 Å². The van der Waals surface area contributed by atoms with Gasteiger partial charge in [0.15, 0.2) is 5.69 Å². The van der Waals surface area contributed by atoms with Crippen LogP contribution in [-0.4, -0.2) is 41.4 Å². The van der Waals surface area contributed by atoms with Crippen LogP contribution < -0.4 is 4.72 Å². The SMILES string of the molecule is CCC(C)c1nc(SC)c(C(=O)O)n1Cc1ccc(-c2ccccc2S(=O)(=O)NC(=O)OCc2ccccc2)cc1. The molecule has 3 aromatic carbocycles. The summed E-state index contributed by atoms with van der Waals surface area (Å²) in [5.74, 6) is -0.265. The van der Waals surface area contributed by atoms with Gasteiger partial charge < -0.3 is 14.4 Å². The first-order valence-corrected chi connectivity index (χ1v) is 15.6. The average molecular weight is 594 g/mol. The minimum absolute atomic E-state index is 0.0665. The monoisotopic (exact) mass is 593 g/mol. The van der Waals surface area contributed by atoms with E-state index >= 15 is 0 Å². The third-order valence-electron chi connectivity index (χ3n) is 6.63. The molecule has 0 bridgehead atoms. The van der Waals surface area contributed by atoms with Gasteiger partial charge in [0, 0.05) is 18.0 Å². The van der Waals surface area contributed by atoms with Crippen LogP contribution in [0.4, 0.5) is 4.79 Å². The molecule has 9 nitrogen and oxygen atoms in total. The first-order valence-electron chi connectivity index (χ1n) is 12.9. The number of carboxylic acids is 1. The minimum atomic E-state index is -4.24. The van der Waals surface area contributed by atoms with Crippen molar-refractivity contribution >= 4 is 33.8 Å². The van der Waals surface area contributed by atoms with Gasteiger partial charge in [-0.3, -0.25) is 0 Å². The molecule has 0 radical (unpaired) electrons. The summed E-state index contributed by atoms with van der Waals surface area (Å²) in [6.07, 6.45) is 1.54. The number of nitrogens with one attached hydrogen (secondary N) is 1. The number of imidazole rings is 1. The fourth-order valence-electron chi connectivity index (χ4n) is 4.34. The molecular formula is C30H31N3O6S2. The molecule has 0 aliphatic heterocycles. The smallest absolute Gasteiger partial charge is 0.421 e. The number of rotatable bonds is 11. The lowest BCUT2D eigenvalue weighted by atomic mass is 10.0. The zero-order valence-corrected chi connectivity index (χ0v) is 24.5. The predicted octanol–water partition coefficient (Wildman–Crippen LogP) is 6.15. The molecule has 1 atom stereocenters. The zero-order chi connectivity index (χ0) is 29.6. The molecule has 0 aliphatic carbocycles. The molecule has 4 rings (SSSR count). The molecule has 1 unspecified atom stereocenters. The Morgan fingerprint density at radius 2 is 1.66 bits per heavy atom. The number of nitrogens with zero attached hydrogens (tertiary/aromatic N) is 2. The zero-order valence-electron chi connectivity index (χ0n) is 22.9. The first-order chi connectivity index (χ1) is 19.6. The van der Waals surface area contributed by atoms with Crippen LogP contribution >= 0.6 is 11.8 Å². The van der Waals surface area contributed by atoms with Crippen molar-refractivity contribution in [1.29, 1.82) is 0 Å². The summed E-state index contributed by atoms with van der Waals surface area (Å²) in [6, 6.07) is 22.5. The highest BCUT2D eigenvalue weighted by molar-refractivity contribution is 7.98. The number of aromatic nitrogens is 2. The number of carbonyl (C=O) groups is 2. The predicted molar refractivity (Wildman–Crippen MR) is 158 cm³/mol. The second kappa shape index (κ2) is 13.0. The molecule has 2 N–H and O–H groups in total.